The zero-order valence-electron chi connectivity index (χ0n) is 11.8. The maximum Gasteiger partial charge on any atom is 0.296 e. The predicted molar refractivity (Wildman–Crippen MR) is 74.3 cm³/mol. The third-order valence-electron chi connectivity index (χ3n) is 2.89. The van der Waals surface area contributed by atoms with Gasteiger partial charge in [-0.15, -0.1) is 0 Å². The number of hydrogen-bond acceptors (Lipinski definition) is 6. The SMILES string of the molecule is CCN(CCC#N)c1cc(OC)c(OC)cc1[N+](=O)[O-]. The molecule has 0 spiro atoms. The van der Waals surface area contributed by atoms with Crippen molar-refractivity contribution in [2.24, 2.45) is 0 Å². The Balaban J connectivity index is 3.34. The molecule has 0 radical (unpaired) electrons. The van der Waals surface area contributed by atoms with Gasteiger partial charge in [-0.25, -0.2) is 0 Å². The van der Waals surface area contributed by atoms with Crippen LogP contribution in [0.2, 0.25) is 0 Å². The molecule has 0 saturated heterocycles. The molecule has 0 atom stereocenters. The molecule has 1 aromatic carbocycles. The van der Waals surface area contributed by atoms with Crippen LogP contribution in [0.4, 0.5) is 11.4 Å². The lowest BCUT2D eigenvalue weighted by Gasteiger charge is -2.22. The van der Waals surface area contributed by atoms with Crippen LogP contribution in [0.5, 0.6) is 11.5 Å². The number of rotatable bonds is 7. The summed E-state index contributed by atoms with van der Waals surface area (Å²) in [5.41, 5.74) is 0.354. The standard InChI is InChI=1S/C13H17N3O4/c1-4-15(7-5-6-14)10-8-12(19-2)13(20-3)9-11(10)16(17)18/h8-9H,4-5,7H2,1-3H3. The molecule has 0 unspecified atom stereocenters. The molecule has 0 aromatic heterocycles. The Labute approximate surface area is 117 Å². The van der Waals surface area contributed by atoms with Gasteiger partial charge in [0.15, 0.2) is 11.5 Å². The molecule has 0 aliphatic carbocycles. The second kappa shape index (κ2) is 7.19. The third kappa shape index (κ3) is 3.29. The van der Waals surface area contributed by atoms with E-state index in [4.69, 9.17) is 14.7 Å². The Kier molecular flexibility index (Phi) is 5.59. The van der Waals surface area contributed by atoms with E-state index < -0.39 is 4.92 Å². The van der Waals surface area contributed by atoms with Gasteiger partial charge in [0, 0.05) is 19.2 Å². The smallest absolute Gasteiger partial charge is 0.296 e. The van der Waals surface area contributed by atoms with Crippen LogP contribution in [0.25, 0.3) is 0 Å². The van der Waals surface area contributed by atoms with Crippen molar-refractivity contribution in [1.29, 1.82) is 5.26 Å². The Bertz CT molecular complexity index is 525. The number of ether oxygens (including phenoxy) is 2. The molecule has 7 nitrogen and oxygen atoms in total. The molecular formula is C13H17N3O4. The van der Waals surface area contributed by atoms with Crippen molar-refractivity contribution in [1.82, 2.24) is 0 Å². The van der Waals surface area contributed by atoms with Gasteiger partial charge in [-0.1, -0.05) is 0 Å². The van der Waals surface area contributed by atoms with Crippen molar-refractivity contribution < 1.29 is 14.4 Å². The number of nitriles is 1. The summed E-state index contributed by atoms with van der Waals surface area (Å²) in [5.74, 6) is 0.725. The van der Waals surface area contributed by atoms with Gasteiger partial charge in [-0.2, -0.15) is 5.26 Å². The van der Waals surface area contributed by atoms with Crippen LogP contribution in [0.3, 0.4) is 0 Å². The molecule has 0 saturated carbocycles. The van der Waals surface area contributed by atoms with Gasteiger partial charge in [0.2, 0.25) is 0 Å². The predicted octanol–water partition coefficient (Wildman–Crippen LogP) is 2.35. The Morgan fingerprint density at radius 1 is 1.35 bits per heavy atom. The van der Waals surface area contributed by atoms with Crippen LogP contribution in [0, 0.1) is 21.4 Å². The van der Waals surface area contributed by atoms with Crippen LogP contribution >= 0.6 is 0 Å². The minimum Gasteiger partial charge on any atom is -0.493 e. The Morgan fingerprint density at radius 3 is 2.40 bits per heavy atom. The topological polar surface area (TPSA) is 88.6 Å². The zero-order chi connectivity index (χ0) is 15.1. The fraction of sp³-hybridized carbons (Fsp3) is 0.462. The summed E-state index contributed by atoms with van der Waals surface area (Å²) in [6.45, 7) is 2.85. The van der Waals surface area contributed by atoms with Crippen LogP contribution in [0.1, 0.15) is 13.3 Å². The minimum absolute atomic E-state index is 0.0672. The molecule has 20 heavy (non-hydrogen) atoms. The van der Waals surface area contributed by atoms with Crippen molar-refractivity contribution in [3.63, 3.8) is 0 Å². The summed E-state index contributed by atoms with van der Waals surface area (Å²) in [6, 6.07) is 4.94. The molecule has 0 aliphatic rings. The molecule has 0 fully saturated rings. The summed E-state index contributed by atoms with van der Waals surface area (Å²) < 4.78 is 10.2. The second-order valence-electron chi connectivity index (χ2n) is 3.94. The van der Waals surface area contributed by atoms with E-state index in [-0.39, 0.29) is 5.69 Å². The monoisotopic (exact) mass is 279 g/mol. The molecule has 0 heterocycles. The molecule has 0 aliphatic heterocycles. The van der Waals surface area contributed by atoms with Gasteiger partial charge in [-0.05, 0) is 6.92 Å². The first-order valence-corrected chi connectivity index (χ1v) is 6.11. The van der Waals surface area contributed by atoms with E-state index >= 15 is 0 Å². The lowest BCUT2D eigenvalue weighted by molar-refractivity contribution is -0.384. The molecule has 1 rings (SSSR count). The van der Waals surface area contributed by atoms with E-state index in [2.05, 4.69) is 0 Å². The zero-order valence-corrected chi connectivity index (χ0v) is 11.8. The van der Waals surface area contributed by atoms with E-state index in [0.29, 0.717) is 36.7 Å². The van der Waals surface area contributed by atoms with Gasteiger partial charge >= 0.3 is 0 Å². The Hall–Kier alpha value is -2.49. The average Bonchev–Trinajstić information content (AvgIpc) is 2.46. The summed E-state index contributed by atoms with van der Waals surface area (Å²) in [7, 11) is 2.90. The van der Waals surface area contributed by atoms with Crippen molar-refractivity contribution in [3.8, 4) is 17.6 Å². The molecule has 0 bridgehead atoms. The van der Waals surface area contributed by atoms with Gasteiger partial charge in [0.05, 0.1) is 37.7 Å². The maximum atomic E-state index is 11.2. The van der Waals surface area contributed by atoms with Gasteiger partial charge in [0.1, 0.15) is 5.69 Å². The molecule has 108 valence electrons. The van der Waals surface area contributed by atoms with E-state index in [0.717, 1.165) is 0 Å². The average molecular weight is 279 g/mol. The fourth-order valence-corrected chi connectivity index (χ4v) is 1.89. The fourth-order valence-electron chi connectivity index (χ4n) is 1.89. The van der Waals surface area contributed by atoms with Gasteiger partial charge < -0.3 is 14.4 Å². The number of nitrogens with zero attached hydrogens (tertiary/aromatic N) is 3. The van der Waals surface area contributed by atoms with E-state index in [1.54, 1.807) is 11.0 Å². The van der Waals surface area contributed by atoms with Gasteiger partial charge in [-0.3, -0.25) is 10.1 Å². The van der Waals surface area contributed by atoms with Crippen LogP contribution < -0.4 is 14.4 Å². The highest BCUT2D eigenvalue weighted by atomic mass is 16.6. The Morgan fingerprint density at radius 2 is 1.95 bits per heavy atom. The number of benzene rings is 1. The molecular weight excluding hydrogens is 262 g/mol. The third-order valence-corrected chi connectivity index (χ3v) is 2.89. The first-order chi connectivity index (χ1) is 9.58. The van der Waals surface area contributed by atoms with E-state index in [1.807, 2.05) is 13.0 Å². The van der Waals surface area contributed by atoms with Crippen LogP contribution in [-0.4, -0.2) is 32.2 Å². The number of nitro groups is 1. The molecule has 0 N–H and O–H groups in total. The van der Waals surface area contributed by atoms with E-state index in [9.17, 15) is 10.1 Å². The second-order valence-corrected chi connectivity index (χ2v) is 3.94. The van der Waals surface area contributed by atoms with E-state index in [1.165, 1.54) is 20.3 Å². The quantitative estimate of drug-likeness (QED) is 0.562. The first kappa shape index (κ1) is 15.6. The largest absolute Gasteiger partial charge is 0.493 e. The maximum absolute atomic E-state index is 11.2. The van der Waals surface area contributed by atoms with Crippen LogP contribution in [-0.2, 0) is 0 Å². The molecule has 1 aromatic rings. The van der Waals surface area contributed by atoms with Crippen molar-refractivity contribution in [2.75, 3.05) is 32.2 Å². The highest BCUT2D eigenvalue weighted by Crippen LogP contribution is 2.39. The van der Waals surface area contributed by atoms with Crippen LogP contribution in [0.15, 0.2) is 12.1 Å². The number of anilines is 1. The highest BCUT2D eigenvalue weighted by Gasteiger charge is 2.23. The lowest BCUT2D eigenvalue weighted by atomic mass is 10.2. The number of nitro benzene ring substituents is 1. The number of methoxy groups -OCH3 is 2. The van der Waals surface area contributed by atoms with Crippen molar-refractivity contribution in [2.45, 2.75) is 13.3 Å². The minimum atomic E-state index is -0.466. The van der Waals surface area contributed by atoms with Gasteiger partial charge in [0.25, 0.3) is 5.69 Å². The number of hydrogen-bond donors (Lipinski definition) is 0. The molecule has 0 amide bonds. The molecule has 7 heteroatoms. The van der Waals surface area contributed by atoms with Crippen molar-refractivity contribution in [3.05, 3.63) is 22.2 Å². The summed E-state index contributed by atoms with van der Waals surface area (Å²) in [5, 5.41) is 19.9. The van der Waals surface area contributed by atoms with Crippen molar-refractivity contribution >= 4 is 11.4 Å². The summed E-state index contributed by atoms with van der Waals surface area (Å²) >= 11 is 0. The normalized spacial score (nSPS) is 9.70. The summed E-state index contributed by atoms with van der Waals surface area (Å²) in [4.78, 5) is 12.5. The highest BCUT2D eigenvalue weighted by molar-refractivity contribution is 5.69. The lowest BCUT2D eigenvalue weighted by Crippen LogP contribution is -2.24. The first-order valence-electron chi connectivity index (χ1n) is 6.11. The summed E-state index contributed by atoms with van der Waals surface area (Å²) in [6.07, 6.45) is 0.291.